The molecule has 29 heavy (non-hydrogen) atoms. The lowest BCUT2D eigenvalue weighted by Crippen LogP contribution is -2.52. The first-order valence-electron chi connectivity index (χ1n) is 10.7. The fourth-order valence-corrected chi connectivity index (χ4v) is 4.73. The second kappa shape index (κ2) is 8.63. The molecule has 2 atom stereocenters. The van der Waals surface area contributed by atoms with Crippen molar-refractivity contribution in [3.05, 3.63) is 34.9 Å². The molecule has 0 aromatic heterocycles. The van der Waals surface area contributed by atoms with Gasteiger partial charge in [-0.05, 0) is 68.8 Å². The van der Waals surface area contributed by atoms with Crippen molar-refractivity contribution < 1.29 is 14.4 Å². The van der Waals surface area contributed by atoms with E-state index in [0.29, 0.717) is 24.6 Å². The van der Waals surface area contributed by atoms with Gasteiger partial charge in [0.25, 0.3) is 5.91 Å². The molecule has 0 radical (unpaired) electrons. The summed E-state index contributed by atoms with van der Waals surface area (Å²) in [6.45, 7) is 5.69. The monoisotopic (exact) mass is 398 g/mol. The van der Waals surface area contributed by atoms with Gasteiger partial charge in [-0.3, -0.25) is 19.7 Å². The van der Waals surface area contributed by atoms with Gasteiger partial charge in [0.05, 0.1) is 0 Å². The second-order valence-electron chi connectivity index (χ2n) is 8.60. The maximum atomic E-state index is 12.8. The molecule has 3 aliphatic rings. The molecule has 1 aromatic rings. The summed E-state index contributed by atoms with van der Waals surface area (Å²) < 4.78 is 0. The minimum atomic E-state index is -0.556. The molecule has 156 valence electrons. The first-order valence-corrected chi connectivity index (χ1v) is 10.7. The first-order chi connectivity index (χ1) is 14.0. The third-order valence-electron chi connectivity index (χ3n) is 6.39. The second-order valence-corrected chi connectivity index (χ2v) is 8.60. The Kier molecular flexibility index (Phi) is 5.96. The van der Waals surface area contributed by atoms with E-state index >= 15 is 0 Å². The van der Waals surface area contributed by atoms with Gasteiger partial charge in [0.1, 0.15) is 6.04 Å². The van der Waals surface area contributed by atoms with Crippen molar-refractivity contribution in [3.63, 3.8) is 0 Å². The Bertz CT molecular complexity index is 803. The van der Waals surface area contributed by atoms with Crippen LogP contribution in [0.15, 0.2) is 18.2 Å². The number of imide groups is 1. The lowest BCUT2D eigenvalue weighted by Gasteiger charge is -2.29. The summed E-state index contributed by atoms with van der Waals surface area (Å²) in [5.41, 5.74) is 2.78. The Labute approximate surface area is 171 Å². The third-order valence-corrected chi connectivity index (χ3v) is 6.39. The van der Waals surface area contributed by atoms with Gasteiger partial charge in [-0.1, -0.05) is 12.1 Å². The summed E-state index contributed by atoms with van der Waals surface area (Å²) in [6.07, 6.45) is 4.37. The molecular weight excluding hydrogens is 368 g/mol. The van der Waals surface area contributed by atoms with Crippen LogP contribution in [0.4, 0.5) is 0 Å². The minimum Gasteiger partial charge on any atom is -0.322 e. The number of rotatable bonds is 6. The number of amides is 3. The van der Waals surface area contributed by atoms with Crippen LogP contribution in [0.1, 0.15) is 60.5 Å². The molecule has 7 nitrogen and oxygen atoms in total. The molecule has 0 bridgehead atoms. The zero-order valence-corrected chi connectivity index (χ0v) is 17.0. The lowest BCUT2D eigenvalue weighted by molar-refractivity contribution is -0.136. The molecule has 3 heterocycles. The quantitative estimate of drug-likeness (QED) is 0.629. The Balaban J connectivity index is 1.34. The largest absolute Gasteiger partial charge is 0.322 e. The predicted octanol–water partition coefficient (Wildman–Crippen LogP) is 1.32. The number of benzene rings is 1. The summed E-state index contributed by atoms with van der Waals surface area (Å²) in [6, 6.07) is 5.84. The molecule has 3 N–H and O–H groups in total. The smallest absolute Gasteiger partial charge is 0.255 e. The van der Waals surface area contributed by atoms with Crippen molar-refractivity contribution in [3.8, 4) is 0 Å². The fourth-order valence-electron chi connectivity index (χ4n) is 4.73. The number of nitrogens with zero attached hydrogens (tertiary/aromatic N) is 1. The zero-order chi connectivity index (χ0) is 20.4. The molecule has 4 rings (SSSR count). The van der Waals surface area contributed by atoms with Crippen LogP contribution in [0.2, 0.25) is 0 Å². The van der Waals surface area contributed by atoms with E-state index in [-0.39, 0.29) is 24.1 Å². The maximum absolute atomic E-state index is 12.8. The number of hydrogen-bond donors (Lipinski definition) is 3. The van der Waals surface area contributed by atoms with E-state index in [0.717, 1.165) is 36.7 Å². The van der Waals surface area contributed by atoms with E-state index in [9.17, 15) is 14.4 Å². The molecular formula is C22H30N4O3. The Morgan fingerprint density at radius 1 is 1.17 bits per heavy atom. The first kappa shape index (κ1) is 20.0. The van der Waals surface area contributed by atoms with Crippen LogP contribution in [0.5, 0.6) is 0 Å². The average molecular weight is 399 g/mol. The summed E-state index contributed by atoms with van der Waals surface area (Å²) >= 11 is 0. The molecule has 3 aliphatic heterocycles. The molecule has 2 unspecified atom stereocenters. The van der Waals surface area contributed by atoms with Gasteiger partial charge < -0.3 is 15.5 Å². The fraction of sp³-hybridized carbons (Fsp3) is 0.591. The van der Waals surface area contributed by atoms with Crippen molar-refractivity contribution in [2.24, 2.45) is 5.92 Å². The summed E-state index contributed by atoms with van der Waals surface area (Å²) in [7, 11) is 0. The van der Waals surface area contributed by atoms with E-state index in [2.05, 4.69) is 28.9 Å². The zero-order valence-electron chi connectivity index (χ0n) is 17.0. The van der Waals surface area contributed by atoms with Crippen LogP contribution in [-0.4, -0.2) is 47.8 Å². The van der Waals surface area contributed by atoms with Crippen molar-refractivity contribution in [1.29, 1.82) is 0 Å². The standard InChI is InChI=1S/C22H30N4O3/c1-14(10-15-6-8-23-9-7-15)24-12-16-2-3-18-17(11-16)13-26(22(18)29)19-4-5-20(27)25-21(19)28/h2-3,11,14-15,19,23-24H,4-10,12-13H2,1H3,(H,25,27,28). The molecule has 3 amide bonds. The van der Waals surface area contributed by atoms with E-state index in [1.165, 1.54) is 19.3 Å². The summed E-state index contributed by atoms with van der Waals surface area (Å²) in [5.74, 6) is 0.0465. The molecule has 2 saturated heterocycles. The molecule has 7 heteroatoms. The highest BCUT2D eigenvalue weighted by molar-refractivity contribution is 6.05. The molecule has 2 fully saturated rings. The van der Waals surface area contributed by atoms with E-state index in [4.69, 9.17) is 0 Å². The Hall–Kier alpha value is -2.25. The van der Waals surface area contributed by atoms with Crippen LogP contribution in [0, 0.1) is 5.92 Å². The number of hydrogen-bond acceptors (Lipinski definition) is 5. The van der Waals surface area contributed by atoms with Gasteiger partial charge >= 0.3 is 0 Å². The topological polar surface area (TPSA) is 90.5 Å². The summed E-state index contributed by atoms with van der Waals surface area (Å²) in [4.78, 5) is 37.9. The van der Waals surface area contributed by atoms with Crippen LogP contribution in [-0.2, 0) is 22.7 Å². The van der Waals surface area contributed by atoms with Gasteiger partial charge in [0.15, 0.2) is 0 Å². The number of carbonyl (C=O) groups excluding carboxylic acids is 3. The molecule has 0 spiro atoms. The molecule has 0 saturated carbocycles. The SMILES string of the molecule is CC(CC1CCNCC1)NCc1ccc2c(c1)CN(C1CCC(=O)NC1=O)C2=O. The van der Waals surface area contributed by atoms with Crippen molar-refractivity contribution >= 4 is 17.7 Å². The van der Waals surface area contributed by atoms with Crippen LogP contribution in [0.3, 0.4) is 0 Å². The number of carbonyl (C=O) groups is 3. The molecule has 0 aliphatic carbocycles. The predicted molar refractivity (Wildman–Crippen MR) is 109 cm³/mol. The number of fused-ring (bicyclic) bond motifs is 1. The number of nitrogens with one attached hydrogen (secondary N) is 3. The van der Waals surface area contributed by atoms with Crippen LogP contribution >= 0.6 is 0 Å². The van der Waals surface area contributed by atoms with Gasteiger partial charge in [-0.15, -0.1) is 0 Å². The summed E-state index contributed by atoms with van der Waals surface area (Å²) in [5, 5.41) is 9.37. The van der Waals surface area contributed by atoms with Crippen molar-refractivity contribution in [2.45, 2.75) is 64.2 Å². The van der Waals surface area contributed by atoms with E-state index in [1.807, 2.05) is 12.1 Å². The lowest BCUT2D eigenvalue weighted by atomic mass is 9.91. The van der Waals surface area contributed by atoms with Crippen molar-refractivity contribution in [1.82, 2.24) is 20.9 Å². The maximum Gasteiger partial charge on any atom is 0.255 e. The Morgan fingerprint density at radius 2 is 1.97 bits per heavy atom. The normalized spacial score (nSPS) is 23.8. The highest BCUT2D eigenvalue weighted by Crippen LogP contribution is 2.28. The van der Waals surface area contributed by atoms with Gasteiger partial charge in [0, 0.05) is 31.1 Å². The highest BCUT2D eigenvalue weighted by atomic mass is 16.2. The van der Waals surface area contributed by atoms with Gasteiger partial charge in [-0.25, -0.2) is 0 Å². The van der Waals surface area contributed by atoms with Crippen LogP contribution < -0.4 is 16.0 Å². The minimum absolute atomic E-state index is 0.117. The molecule has 1 aromatic carbocycles. The van der Waals surface area contributed by atoms with E-state index < -0.39 is 6.04 Å². The highest BCUT2D eigenvalue weighted by Gasteiger charge is 2.39. The van der Waals surface area contributed by atoms with Crippen molar-refractivity contribution in [2.75, 3.05) is 13.1 Å². The van der Waals surface area contributed by atoms with Crippen LogP contribution in [0.25, 0.3) is 0 Å². The third kappa shape index (κ3) is 4.51. The Morgan fingerprint density at radius 3 is 2.72 bits per heavy atom. The average Bonchev–Trinajstić information content (AvgIpc) is 3.03. The van der Waals surface area contributed by atoms with Gasteiger partial charge in [-0.2, -0.15) is 0 Å². The van der Waals surface area contributed by atoms with Gasteiger partial charge in [0.2, 0.25) is 11.8 Å². The van der Waals surface area contributed by atoms with E-state index in [1.54, 1.807) is 4.90 Å². The number of piperidine rings is 2.